The van der Waals surface area contributed by atoms with Gasteiger partial charge >= 0.3 is 0 Å². The highest BCUT2D eigenvalue weighted by molar-refractivity contribution is 4.73. The number of hydrogen-bond acceptors (Lipinski definition) is 2. The summed E-state index contributed by atoms with van der Waals surface area (Å²) in [5, 5.41) is 3.44. The first-order chi connectivity index (χ1) is 6.74. The second-order valence-electron chi connectivity index (χ2n) is 4.75. The van der Waals surface area contributed by atoms with Crippen LogP contribution in [0.5, 0.6) is 0 Å². The van der Waals surface area contributed by atoms with Gasteiger partial charge in [0.2, 0.25) is 0 Å². The van der Waals surface area contributed by atoms with Crippen LogP contribution in [0.1, 0.15) is 34.5 Å². The second-order valence-corrected chi connectivity index (χ2v) is 4.75. The molecule has 1 N–H and O–H groups in total. The van der Waals surface area contributed by atoms with Gasteiger partial charge in [0, 0.05) is 1.43 Å². The van der Waals surface area contributed by atoms with Gasteiger partial charge in [0.05, 0.1) is 0 Å². The van der Waals surface area contributed by atoms with Crippen molar-refractivity contribution >= 4 is 0 Å². The van der Waals surface area contributed by atoms with E-state index < -0.39 is 0 Å². The SMILES string of the molecule is CCN(C)CCC(C)C1CCNCC1.[HH]. The van der Waals surface area contributed by atoms with Gasteiger partial charge in [-0.1, -0.05) is 13.8 Å². The summed E-state index contributed by atoms with van der Waals surface area (Å²) in [4.78, 5) is 2.41. The highest BCUT2D eigenvalue weighted by Gasteiger charge is 2.19. The van der Waals surface area contributed by atoms with Gasteiger partial charge in [0.15, 0.2) is 0 Å². The van der Waals surface area contributed by atoms with E-state index in [1.54, 1.807) is 0 Å². The molecule has 1 heterocycles. The largest absolute Gasteiger partial charge is 0.317 e. The van der Waals surface area contributed by atoms with E-state index in [9.17, 15) is 0 Å². The molecule has 1 atom stereocenters. The monoisotopic (exact) mass is 200 g/mol. The van der Waals surface area contributed by atoms with Gasteiger partial charge in [-0.05, 0) is 64.3 Å². The molecule has 0 aliphatic carbocycles. The first kappa shape index (κ1) is 12.0. The summed E-state index contributed by atoms with van der Waals surface area (Å²) < 4.78 is 0. The molecule has 0 saturated carbocycles. The highest BCUT2D eigenvalue weighted by Crippen LogP contribution is 2.24. The van der Waals surface area contributed by atoms with Crippen LogP contribution in [-0.4, -0.2) is 38.1 Å². The first-order valence-electron chi connectivity index (χ1n) is 6.13. The number of nitrogens with zero attached hydrogens (tertiary/aromatic N) is 1. The standard InChI is InChI=1S/C12H26N2.H2/c1-4-14(3)10-7-11(2)12-5-8-13-9-6-12;/h11-13H,4-10H2,1-3H3;1H. The van der Waals surface area contributed by atoms with E-state index in [-0.39, 0.29) is 1.43 Å². The van der Waals surface area contributed by atoms with Gasteiger partial charge in [-0.3, -0.25) is 0 Å². The van der Waals surface area contributed by atoms with Crippen molar-refractivity contribution in [1.29, 1.82) is 0 Å². The summed E-state index contributed by atoms with van der Waals surface area (Å²) in [5.74, 6) is 1.88. The van der Waals surface area contributed by atoms with Crippen LogP contribution in [-0.2, 0) is 0 Å². The van der Waals surface area contributed by atoms with Crippen LogP contribution < -0.4 is 5.32 Å². The van der Waals surface area contributed by atoms with Crippen molar-refractivity contribution in [2.75, 3.05) is 33.2 Å². The molecule has 86 valence electrons. The van der Waals surface area contributed by atoms with Crippen LogP contribution in [0.2, 0.25) is 0 Å². The Hall–Kier alpha value is -0.0800. The normalized spacial score (nSPS) is 21.4. The van der Waals surface area contributed by atoms with Crippen LogP contribution >= 0.6 is 0 Å². The lowest BCUT2D eigenvalue weighted by atomic mass is 9.84. The molecule has 1 aliphatic rings. The van der Waals surface area contributed by atoms with Crippen molar-refractivity contribution in [3.05, 3.63) is 0 Å². The molecular formula is C12H28N2. The molecule has 0 aromatic rings. The van der Waals surface area contributed by atoms with Crippen LogP contribution in [0.25, 0.3) is 0 Å². The molecule has 1 aliphatic heterocycles. The Morgan fingerprint density at radius 1 is 1.43 bits per heavy atom. The minimum atomic E-state index is 0. The van der Waals surface area contributed by atoms with Crippen LogP contribution in [0.3, 0.4) is 0 Å². The fraction of sp³-hybridized carbons (Fsp3) is 1.00. The number of nitrogens with one attached hydrogen (secondary N) is 1. The quantitative estimate of drug-likeness (QED) is 0.732. The molecule has 0 spiro atoms. The van der Waals surface area contributed by atoms with E-state index in [0.717, 1.165) is 11.8 Å². The average Bonchev–Trinajstić information content (AvgIpc) is 2.26. The average molecular weight is 200 g/mol. The minimum absolute atomic E-state index is 0. The van der Waals surface area contributed by atoms with Gasteiger partial charge in [0.25, 0.3) is 0 Å². The fourth-order valence-electron chi connectivity index (χ4n) is 2.23. The van der Waals surface area contributed by atoms with Crippen molar-refractivity contribution in [2.24, 2.45) is 11.8 Å². The van der Waals surface area contributed by atoms with E-state index in [2.05, 4.69) is 31.1 Å². The van der Waals surface area contributed by atoms with Gasteiger partial charge in [-0.15, -0.1) is 0 Å². The fourth-order valence-corrected chi connectivity index (χ4v) is 2.23. The van der Waals surface area contributed by atoms with E-state index >= 15 is 0 Å². The maximum Gasteiger partial charge on any atom is 0 e. The van der Waals surface area contributed by atoms with Crippen molar-refractivity contribution in [1.82, 2.24) is 10.2 Å². The molecule has 0 amide bonds. The van der Waals surface area contributed by atoms with Gasteiger partial charge < -0.3 is 10.2 Å². The third-order valence-corrected chi connectivity index (χ3v) is 3.69. The number of rotatable bonds is 5. The number of hydrogen-bond donors (Lipinski definition) is 1. The summed E-state index contributed by atoms with van der Waals surface area (Å²) in [6.45, 7) is 9.58. The summed E-state index contributed by atoms with van der Waals surface area (Å²) >= 11 is 0. The van der Waals surface area contributed by atoms with Crippen molar-refractivity contribution in [3.8, 4) is 0 Å². The Bertz CT molecular complexity index is 147. The van der Waals surface area contributed by atoms with E-state index in [4.69, 9.17) is 0 Å². The van der Waals surface area contributed by atoms with E-state index in [1.165, 1.54) is 45.4 Å². The smallest absolute Gasteiger partial charge is 0 e. The third kappa shape index (κ3) is 3.97. The van der Waals surface area contributed by atoms with E-state index in [0.29, 0.717) is 0 Å². The summed E-state index contributed by atoms with van der Waals surface area (Å²) in [6.07, 6.45) is 4.14. The lowest BCUT2D eigenvalue weighted by molar-refractivity contribution is 0.232. The molecule has 14 heavy (non-hydrogen) atoms. The lowest BCUT2D eigenvalue weighted by Gasteiger charge is -2.29. The van der Waals surface area contributed by atoms with E-state index in [1.807, 2.05) is 0 Å². The Labute approximate surface area is 90.5 Å². The molecule has 1 rings (SSSR count). The highest BCUT2D eigenvalue weighted by atomic mass is 15.1. The predicted molar refractivity (Wildman–Crippen MR) is 64.7 cm³/mol. The molecule has 2 heteroatoms. The zero-order valence-electron chi connectivity index (χ0n) is 10.1. The Morgan fingerprint density at radius 3 is 2.64 bits per heavy atom. The van der Waals surface area contributed by atoms with Crippen LogP contribution in [0, 0.1) is 11.8 Å². The lowest BCUT2D eigenvalue weighted by Crippen LogP contribution is -2.32. The molecule has 1 saturated heterocycles. The summed E-state index contributed by atoms with van der Waals surface area (Å²) in [7, 11) is 2.22. The van der Waals surface area contributed by atoms with Gasteiger partial charge in [-0.25, -0.2) is 0 Å². The molecule has 0 bridgehead atoms. The minimum Gasteiger partial charge on any atom is -0.317 e. The topological polar surface area (TPSA) is 15.3 Å². The molecular weight excluding hydrogens is 172 g/mol. The molecule has 2 nitrogen and oxygen atoms in total. The second kappa shape index (κ2) is 6.41. The van der Waals surface area contributed by atoms with Crippen LogP contribution in [0.15, 0.2) is 0 Å². The Morgan fingerprint density at radius 2 is 2.07 bits per heavy atom. The zero-order chi connectivity index (χ0) is 10.4. The molecule has 1 unspecified atom stereocenters. The van der Waals surface area contributed by atoms with Crippen molar-refractivity contribution in [2.45, 2.75) is 33.1 Å². The van der Waals surface area contributed by atoms with Gasteiger partial charge in [0.1, 0.15) is 0 Å². The van der Waals surface area contributed by atoms with Crippen molar-refractivity contribution in [3.63, 3.8) is 0 Å². The molecule has 0 aromatic carbocycles. The predicted octanol–water partition coefficient (Wildman–Crippen LogP) is 2.21. The molecule has 0 radical (unpaired) electrons. The molecule has 0 aromatic heterocycles. The zero-order valence-corrected chi connectivity index (χ0v) is 10.1. The van der Waals surface area contributed by atoms with Crippen molar-refractivity contribution < 1.29 is 1.43 Å². The Balaban J connectivity index is 0.00000196. The van der Waals surface area contributed by atoms with Gasteiger partial charge in [-0.2, -0.15) is 0 Å². The maximum absolute atomic E-state index is 3.44. The first-order valence-corrected chi connectivity index (χ1v) is 6.13. The maximum atomic E-state index is 3.44. The third-order valence-electron chi connectivity index (χ3n) is 3.69. The van der Waals surface area contributed by atoms with Crippen LogP contribution in [0.4, 0.5) is 0 Å². The summed E-state index contributed by atoms with van der Waals surface area (Å²) in [6, 6.07) is 0. The Kier molecular flexibility index (Phi) is 5.49. The summed E-state index contributed by atoms with van der Waals surface area (Å²) in [5.41, 5.74) is 0. The molecule has 1 fully saturated rings. The number of piperidine rings is 1.